The van der Waals surface area contributed by atoms with E-state index in [9.17, 15) is 4.79 Å². The number of aryl methyl sites for hydroxylation is 3. The maximum atomic E-state index is 12.0. The first-order chi connectivity index (χ1) is 13.8. The molecule has 0 radical (unpaired) electrons. The largest absolute Gasteiger partial charge is 0.417 e. The Kier molecular flexibility index (Phi) is 6.57. The van der Waals surface area contributed by atoms with Crippen molar-refractivity contribution in [2.45, 2.75) is 20.8 Å². The third kappa shape index (κ3) is 5.59. The predicted molar refractivity (Wildman–Crippen MR) is 120 cm³/mol. The maximum absolute atomic E-state index is 12.0. The van der Waals surface area contributed by atoms with Crippen LogP contribution in [0.2, 0.25) is 10.0 Å². The normalized spacial score (nSPS) is 10.9. The van der Waals surface area contributed by atoms with Crippen LogP contribution in [0, 0.1) is 20.8 Å². The van der Waals surface area contributed by atoms with Crippen LogP contribution in [0.25, 0.3) is 0 Å². The average molecular weight is 427 g/mol. The molecule has 0 heterocycles. The highest BCUT2D eigenvalue weighted by molar-refractivity contribution is 6.42. The quantitative estimate of drug-likeness (QED) is 0.445. The molecule has 0 fully saturated rings. The number of nitrogens with one attached hydrogen (secondary N) is 1. The van der Waals surface area contributed by atoms with Crippen molar-refractivity contribution < 1.29 is 9.53 Å². The lowest BCUT2D eigenvalue weighted by atomic mass is 10.1. The van der Waals surface area contributed by atoms with Crippen LogP contribution in [0.1, 0.15) is 22.3 Å². The molecule has 1 amide bonds. The molecular formula is C23H20Cl2N2O2. The van der Waals surface area contributed by atoms with Gasteiger partial charge in [-0.25, -0.2) is 4.79 Å². The molecule has 0 aromatic heterocycles. The van der Waals surface area contributed by atoms with Crippen LogP contribution in [0.15, 0.2) is 59.6 Å². The SMILES string of the molecule is Cc1cc(C)c(N=Cc2ccc(OC(=O)Nc3ccc(Cl)c(Cl)c3)cc2)cc1C. The van der Waals surface area contributed by atoms with Crippen molar-refractivity contribution in [1.82, 2.24) is 0 Å². The zero-order chi connectivity index (χ0) is 21.0. The number of carbonyl (C=O) groups is 1. The van der Waals surface area contributed by atoms with Crippen LogP contribution >= 0.6 is 23.2 Å². The lowest BCUT2D eigenvalue weighted by Crippen LogP contribution is -2.16. The van der Waals surface area contributed by atoms with Gasteiger partial charge >= 0.3 is 6.09 Å². The molecule has 0 saturated carbocycles. The van der Waals surface area contributed by atoms with Crippen LogP contribution in [-0.4, -0.2) is 12.3 Å². The second kappa shape index (κ2) is 9.12. The minimum atomic E-state index is -0.615. The fourth-order valence-electron chi connectivity index (χ4n) is 2.67. The predicted octanol–water partition coefficient (Wildman–Crippen LogP) is 7.28. The molecule has 6 heteroatoms. The van der Waals surface area contributed by atoms with E-state index in [4.69, 9.17) is 27.9 Å². The van der Waals surface area contributed by atoms with Gasteiger partial charge in [-0.3, -0.25) is 10.3 Å². The van der Waals surface area contributed by atoms with E-state index in [1.54, 1.807) is 36.5 Å². The topological polar surface area (TPSA) is 50.7 Å². The maximum Gasteiger partial charge on any atom is 0.417 e. The van der Waals surface area contributed by atoms with E-state index < -0.39 is 6.09 Å². The monoisotopic (exact) mass is 426 g/mol. The third-order valence-corrected chi connectivity index (χ3v) is 5.16. The first-order valence-corrected chi connectivity index (χ1v) is 9.73. The standard InChI is InChI=1S/C23H20Cl2N2O2/c1-14-10-16(3)22(11-15(14)2)26-13-17-4-7-19(8-5-17)29-23(28)27-18-6-9-20(24)21(25)12-18/h4-13H,1-3H3,(H,27,28). The third-order valence-electron chi connectivity index (χ3n) is 4.42. The lowest BCUT2D eigenvalue weighted by molar-refractivity contribution is 0.215. The fourth-order valence-corrected chi connectivity index (χ4v) is 2.97. The van der Waals surface area contributed by atoms with Crippen molar-refractivity contribution in [3.05, 3.63) is 86.9 Å². The highest BCUT2D eigenvalue weighted by atomic mass is 35.5. The Hall–Kier alpha value is -2.82. The molecule has 29 heavy (non-hydrogen) atoms. The molecule has 3 aromatic carbocycles. The summed E-state index contributed by atoms with van der Waals surface area (Å²) < 4.78 is 5.28. The summed E-state index contributed by atoms with van der Waals surface area (Å²) in [5.41, 5.74) is 5.93. The van der Waals surface area contributed by atoms with Crippen LogP contribution in [0.3, 0.4) is 0 Å². The Morgan fingerprint density at radius 1 is 0.897 bits per heavy atom. The van der Waals surface area contributed by atoms with E-state index in [1.807, 2.05) is 19.1 Å². The Morgan fingerprint density at radius 2 is 1.59 bits per heavy atom. The number of amides is 1. The Labute approximate surface area is 180 Å². The second-order valence-corrected chi connectivity index (χ2v) is 7.51. The van der Waals surface area contributed by atoms with Crippen LogP contribution in [0.4, 0.5) is 16.2 Å². The molecule has 0 bridgehead atoms. The van der Waals surface area contributed by atoms with Gasteiger partial charge in [-0.05, 0) is 91.6 Å². The molecule has 4 nitrogen and oxygen atoms in total. The van der Waals surface area contributed by atoms with Crippen molar-refractivity contribution in [2.75, 3.05) is 5.32 Å². The molecule has 0 aliphatic carbocycles. The number of anilines is 1. The minimum absolute atomic E-state index is 0.354. The number of hydrogen-bond acceptors (Lipinski definition) is 3. The van der Waals surface area contributed by atoms with E-state index in [2.05, 4.69) is 36.3 Å². The van der Waals surface area contributed by atoms with Gasteiger partial charge in [-0.1, -0.05) is 29.3 Å². The lowest BCUT2D eigenvalue weighted by Gasteiger charge is -2.08. The Bertz CT molecular complexity index is 1080. The zero-order valence-electron chi connectivity index (χ0n) is 16.3. The van der Waals surface area contributed by atoms with Crippen LogP contribution in [-0.2, 0) is 0 Å². The Morgan fingerprint density at radius 3 is 2.28 bits per heavy atom. The van der Waals surface area contributed by atoms with Crippen molar-refractivity contribution in [2.24, 2.45) is 4.99 Å². The number of aliphatic imine (C=N–C) groups is 1. The van der Waals surface area contributed by atoms with E-state index in [0.29, 0.717) is 21.5 Å². The van der Waals surface area contributed by atoms with Crippen LogP contribution < -0.4 is 10.1 Å². The average Bonchev–Trinajstić information content (AvgIpc) is 2.67. The summed E-state index contributed by atoms with van der Waals surface area (Å²) in [6, 6.07) is 16.1. The summed E-state index contributed by atoms with van der Waals surface area (Å²) >= 11 is 11.8. The van der Waals surface area contributed by atoms with E-state index in [-0.39, 0.29) is 0 Å². The van der Waals surface area contributed by atoms with Gasteiger partial charge in [0, 0.05) is 11.9 Å². The number of ether oxygens (including phenoxy) is 1. The first kappa shape index (κ1) is 20.9. The van der Waals surface area contributed by atoms with Gasteiger partial charge in [0.2, 0.25) is 0 Å². The van der Waals surface area contributed by atoms with Gasteiger partial charge in [-0.15, -0.1) is 0 Å². The molecule has 3 rings (SSSR count). The van der Waals surface area contributed by atoms with Crippen molar-refractivity contribution in [1.29, 1.82) is 0 Å². The molecule has 0 unspecified atom stereocenters. The van der Waals surface area contributed by atoms with E-state index in [1.165, 1.54) is 11.1 Å². The first-order valence-electron chi connectivity index (χ1n) is 8.97. The number of halogens is 2. The molecule has 1 N–H and O–H groups in total. The molecule has 0 atom stereocenters. The molecule has 0 aliphatic heterocycles. The number of hydrogen-bond donors (Lipinski definition) is 1. The van der Waals surface area contributed by atoms with Gasteiger partial charge in [0.15, 0.2) is 0 Å². The molecule has 0 spiro atoms. The Balaban J connectivity index is 1.63. The van der Waals surface area contributed by atoms with Crippen LogP contribution in [0.5, 0.6) is 5.75 Å². The smallest absolute Gasteiger partial charge is 0.410 e. The van der Waals surface area contributed by atoms with E-state index in [0.717, 1.165) is 16.8 Å². The van der Waals surface area contributed by atoms with Gasteiger partial charge in [0.05, 0.1) is 15.7 Å². The summed E-state index contributed by atoms with van der Waals surface area (Å²) in [7, 11) is 0. The molecule has 148 valence electrons. The minimum Gasteiger partial charge on any atom is -0.410 e. The zero-order valence-corrected chi connectivity index (χ0v) is 17.8. The number of rotatable bonds is 4. The van der Waals surface area contributed by atoms with Crippen molar-refractivity contribution >= 4 is 46.9 Å². The summed E-state index contributed by atoms with van der Waals surface area (Å²) in [6.45, 7) is 6.21. The summed E-state index contributed by atoms with van der Waals surface area (Å²) in [6.07, 6.45) is 1.17. The number of benzene rings is 3. The molecule has 0 aliphatic rings. The van der Waals surface area contributed by atoms with Gasteiger partial charge in [0.25, 0.3) is 0 Å². The summed E-state index contributed by atoms with van der Waals surface area (Å²) in [5, 5.41) is 3.37. The van der Waals surface area contributed by atoms with Gasteiger partial charge in [0.1, 0.15) is 5.75 Å². The highest BCUT2D eigenvalue weighted by Gasteiger charge is 2.07. The van der Waals surface area contributed by atoms with Gasteiger partial charge in [-0.2, -0.15) is 0 Å². The van der Waals surface area contributed by atoms with Crippen molar-refractivity contribution in [3.63, 3.8) is 0 Å². The number of nitrogens with zero attached hydrogens (tertiary/aromatic N) is 1. The fraction of sp³-hybridized carbons (Fsp3) is 0.130. The molecule has 0 saturated heterocycles. The molecular weight excluding hydrogens is 407 g/mol. The van der Waals surface area contributed by atoms with Crippen molar-refractivity contribution in [3.8, 4) is 5.75 Å². The van der Waals surface area contributed by atoms with Gasteiger partial charge < -0.3 is 4.74 Å². The summed E-state index contributed by atoms with van der Waals surface area (Å²) in [4.78, 5) is 16.6. The molecule has 3 aromatic rings. The summed E-state index contributed by atoms with van der Waals surface area (Å²) in [5.74, 6) is 0.419. The van der Waals surface area contributed by atoms with E-state index >= 15 is 0 Å². The number of carbonyl (C=O) groups excluding carboxylic acids is 1. The second-order valence-electron chi connectivity index (χ2n) is 6.69. The highest BCUT2D eigenvalue weighted by Crippen LogP contribution is 2.25.